The third kappa shape index (κ3) is 4.01. The van der Waals surface area contributed by atoms with Crippen LogP contribution in [0, 0.1) is 0 Å². The number of furan rings is 1. The van der Waals surface area contributed by atoms with Crippen molar-refractivity contribution in [2.24, 2.45) is 0 Å². The van der Waals surface area contributed by atoms with Crippen molar-refractivity contribution in [3.05, 3.63) is 35.7 Å². The Bertz CT molecular complexity index is 525. The Morgan fingerprint density at radius 1 is 1.47 bits per heavy atom. The van der Waals surface area contributed by atoms with Crippen LogP contribution in [0.15, 0.2) is 34.4 Å². The molecule has 9 heteroatoms. The molecule has 2 aromatic heterocycles. The predicted octanol–water partition coefficient (Wildman–Crippen LogP) is 3.27. The molecule has 19 heavy (non-hydrogen) atoms. The summed E-state index contributed by atoms with van der Waals surface area (Å²) >= 11 is 18.8. The zero-order valence-electron chi connectivity index (χ0n) is 9.27. The van der Waals surface area contributed by atoms with Gasteiger partial charge in [0.25, 0.3) is 5.91 Å². The topological polar surface area (TPSA) is 67.2 Å². The van der Waals surface area contributed by atoms with Crippen LogP contribution in [0.4, 0.5) is 5.13 Å². The van der Waals surface area contributed by atoms with Gasteiger partial charge in [0.1, 0.15) is 6.17 Å². The molecule has 0 bridgehead atoms. The normalized spacial score (nSPS) is 13.0. The molecule has 1 amide bonds. The fourth-order valence-electron chi connectivity index (χ4n) is 1.23. The van der Waals surface area contributed by atoms with Crippen LogP contribution in [-0.4, -0.2) is 20.8 Å². The summed E-state index contributed by atoms with van der Waals surface area (Å²) in [4.78, 5) is 15.8. The van der Waals surface area contributed by atoms with Gasteiger partial charge in [-0.2, -0.15) is 0 Å². The first-order valence-corrected chi connectivity index (χ1v) is 7.05. The van der Waals surface area contributed by atoms with E-state index in [1.165, 1.54) is 23.7 Å². The molecule has 2 rings (SSSR count). The number of nitrogens with zero attached hydrogens (tertiary/aromatic N) is 1. The lowest BCUT2D eigenvalue weighted by Crippen LogP contribution is -2.49. The van der Waals surface area contributed by atoms with Crippen molar-refractivity contribution in [1.82, 2.24) is 10.3 Å². The lowest BCUT2D eigenvalue weighted by atomic mass is 10.4. The van der Waals surface area contributed by atoms with E-state index >= 15 is 0 Å². The lowest BCUT2D eigenvalue weighted by molar-refractivity contribution is 0.0914. The summed E-state index contributed by atoms with van der Waals surface area (Å²) in [6.07, 6.45) is 2.03. The Labute approximate surface area is 127 Å². The quantitative estimate of drug-likeness (QED) is 0.662. The highest BCUT2D eigenvalue weighted by Gasteiger charge is 2.35. The van der Waals surface area contributed by atoms with Crippen molar-refractivity contribution in [3.8, 4) is 0 Å². The van der Waals surface area contributed by atoms with Crippen molar-refractivity contribution >= 4 is 57.2 Å². The smallest absolute Gasteiger partial charge is 0.288 e. The molecule has 0 radical (unpaired) electrons. The second-order valence-electron chi connectivity index (χ2n) is 3.41. The average Bonchev–Trinajstić information content (AvgIpc) is 2.99. The fourth-order valence-corrected chi connectivity index (χ4v) is 2.11. The minimum absolute atomic E-state index is 0.125. The van der Waals surface area contributed by atoms with Gasteiger partial charge in [-0.05, 0) is 12.1 Å². The molecule has 0 aromatic carbocycles. The van der Waals surface area contributed by atoms with Gasteiger partial charge < -0.3 is 15.1 Å². The van der Waals surface area contributed by atoms with E-state index in [4.69, 9.17) is 39.2 Å². The summed E-state index contributed by atoms with van der Waals surface area (Å²) in [5.41, 5.74) is 0. The molecule has 5 nitrogen and oxygen atoms in total. The number of anilines is 1. The van der Waals surface area contributed by atoms with Crippen LogP contribution in [0.25, 0.3) is 0 Å². The van der Waals surface area contributed by atoms with E-state index in [-0.39, 0.29) is 5.76 Å². The summed E-state index contributed by atoms with van der Waals surface area (Å²) in [6, 6.07) is 3.10. The number of thiazole rings is 1. The van der Waals surface area contributed by atoms with Crippen LogP contribution in [-0.2, 0) is 0 Å². The van der Waals surface area contributed by atoms with Crippen LogP contribution in [0.2, 0.25) is 0 Å². The van der Waals surface area contributed by atoms with Gasteiger partial charge in [0, 0.05) is 11.6 Å². The second kappa shape index (κ2) is 6.00. The van der Waals surface area contributed by atoms with Crippen LogP contribution in [0.3, 0.4) is 0 Å². The molecule has 2 heterocycles. The summed E-state index contributed by atoms with van der Waals surface area (Å²) in [5.74, 6) is -0.370. The van der Waals surface area contributed by atoms with Crippen LogP contribution in [0.1, 0.15) is 10.6 Å². The third-order valence-corrected chi connectivity index (χ3v) is 3.41. The zero-order valence-corrected chi connectivity index (χ0v) is 12.4. The number of aromatic nitrogens is 1. The zero-order chi connectivity index (χ0) is 13.9. The number of nitrogens with one attached hydrogen (secondary N) is 2. The monoisotopic (exact) mass is 339 g/mol. The molecule has 0 unspecified atom stereocenters. The molecular weight excluding hydrogens is 333 g/mol. The molecule has 2 aromatic rings. The molecule has 0 fully saturated rings. The molecule has 0 saturated heterocycles. The highest BCUT2D eigenvalue weighted by molar-refractivity contribution is 7.13. The number of amides is 1. The highest BCUT2D eigenvalue weighted by atomic mass is 35.6. The van der Waals surface area contributed by atoms with E-state index in [1.54, 1.807) is 17.6 Å². The number of rotatable bonds is 4. The summed E-state index contributed by atoms with van der Waals surface area (Å²) in [5, 5.41) is 7.63. The Morgan fingerprint density at radius 2 is 2.26 bits per heavy atom. The van der Waals surface area contributed by atoms with Gasteiger partial charge in [-0.1, -0.05) is 34.8 Å². The van der Waals surface area contributed by atoms with Gasteiger partial charge in [0.15, 0.2) is 10.9 Å². The van der Waals surface area contributed by atoms with Gasteiger partial charge in [-0.25, -0.2) is 4.98 Å². The maximum absolute atomic E-state index is 11.9. The second-order valence-corrected chi connectivity index (χ2v) is 6.67. The number of halogens is 3. The number of hydrogen-bond acceptors (Lipinski definition) is 5. The lowest BCUT2D eigenvalue weighted by Gasteiger charge is -2.25. The van der Waals surface area contributed by atoms with Crippen LogP contribution >= 0.6 is 46.1 Å². The number of hydrogen-bond donors (Lipinski definition) is 2. The van der Waals surface area contributed by atoms with E-state index in [0.29, 0.717) is 5.13 Å². The molecule has 0 spiro atoms. The first-order valence-electron chi connectivity index (χ1n) is 5.04. The Morgan fingerprint density at radius 3 is 2.79 bits per heavy atom. The first kappa shape index (κ1) is 14.5. The van der Waals surface area contributed by atoms with Gasteiger partial charge in [0.2, 0.25) is 3.79 Å². The highest BCUT2D eigenvalue weighted by Crippen LogP contribution is 2.31. The molecule has 0 aliphatic carbocycles. The van der Waals surface area contributed by atoms with Crippen molar-refractivity contribution in [3.63, 3.8) is 0 Å². The number of carbonyl (C=O) groups is 1. The summed E-state index contributed by atoms with van der Waals surface area (Å²) in [6.45, 7) is 0. The van der Waals surface area contributed by atoms with Gasteiger partial charge in [0.05, 0.1) is 6.26 Å². The molecule has 0 aliphatic heterocycles. The third-order valence-electron chi connectivity index (χ3n) is 2.05. The van der Waals surface area contributed by atoms with Gasteiger partial charge >= 0.3 is 0 Å². The Hall–Kier alpha value is -0.950. The fraction of sp³-hybridized carbons (Fsp3) is 0.200. The number of alkyl halides is 3. The largest absolute Gasteiger partial charge is 0.459 e. The van der Waals surface area contributed by atoms with Gasteiger partial charge in [-0.15, -0.1) is 11.3 Å². The SMILES string of the molecule is O=C(N[C@H](Nc1nccs1)C(Cl)(Cl)Cl)c1ccco1. The van der Waals surface area contributed by atoms with Crippen LogP contribution < -0.4 is 10.6 Å². The first-order chi connectivity index (χ1) is 8.97. The minimum Gasteiger partial charge on any atom is -0.459 e. The Balaban J connectivity index is 2.08. The van der Waals surface area contributed by atoms with E-state index < -0.39 is 15.9 Å². The standard InChI is InChI=1S/C10H8Cl3N3O2S/c11-10(12,13)8(16-9-14-3-5-19-9)15-7(17)6-2-1-4-18-6/h1-5,8H,(H,14,16)(H,15,17)/t8-/m1/s1. The number of carbonyl (C=O) groups excluding carboxylic acids is 1. The molecule has 1 atom stereocenters. The van der Waals surface area contributed by atoms with Crippen LogP contribution in [0.5, 0.6) is 0 Å². The van der Waals surface area contributed by atoms with Crippen molar-refractivity contribution in [1.29, 1.82) is 0 Å². The maximum atomic E-state index is 11.9. The predicted molar refractivity (Wildman–Crippen MR) is 76.0 cm³/mol. The van der Waals surface area contributed by atoms with E-state index in [1.807, 2.05) is 0 Å². The average molecular weight is 341 g/mol. The summed E-state index contributed by atoms with van der Waals surface area (Å²) < 4.78 is 3.22. The molecule has 0 saturated carbocycles. The van der Waals surface area contributed by atoms with Crippen molar-refractivity contribution < 1.29 is 9.21 Å². The van der Waals surface area contributed by atoms with E-state index in [9.17, 15) is 4.79 Å². The van der Waals surface area contributed by atoms with Crippen molar-refractivity contribution in [2.75, 3.05) is 5.32 Å². The molecule has 2 N–H and O–H groups in total. The molecule has 0 aliphatic rings. The Kier molecular flexibility index (Phi) is 4.57. The maximum Gasteiger partial charge on any atom is 0.288 e. The molecule has 102 valence electrons. The van der Waals surface area contributed by atoms with E-state index in [2.05, 4.69) is 15.6 Å². The molecular formula is C10H8Cl3N3O2S. The summed E-state index contributed by atoms with van der Waals surface area (Å²) in [7, 11) is 0. The van der Waals surface area contributed by atoms with E-state index in [0.717, 1.165) is 0 Å². The minimum atomic E-state index is -1.74. The van der Waals surface area contributed by atoms with Crippen molar-refractivity contribution in [2.45, 2.75) is 9.96 Å². The van der Waals surface area contributed by atoms with Gasteiger partial charge in [-0.3, -0.25) is 4.79 Å².